The first-order chi connectivity index (χ1) is 15.5. The maximum absolute atomic E-state index is 6.85. The third-order valence-corrected chi connectivity index (χ3v) is 6.83. The van der Waals surface area contributed by atoms with Crippen LogP contribution < -0.4 is 0 Å². The first-order valence-corrected chi connectivity index (χ1v) is 11.9. The van der Waals surface area contributed by atoms with E-state index in [1.54, 1.807) is 35.0 Å². The average Bonchev–Trinajstić information content (AvgIpc) is 3.40. The van der Waals surface area contributed by atoms with Gasteiger partial charge in [0.2, 0.25) is 5.89 Å². The molecule has 0 spiro atoms. The standard InChI is InChI=1S/C23H18Cl4N4O/c24-15-8-6-13(7-9-15)21-19(27)20(30-31(21)18-11-10-16(25)12-17(18)26)23-29-28-22(32-23)14-4-2-1-3-5-14/h6-12,14H,1-5H2. The predicted molar refractivity (Wildman–Crippen MR) is 128 cm³/mol. The summed E-state index contributed by atoms with van der Waals surface area (Å²) in [5.41, 5.74) is 2.48. The second-order valence-electron chi connectivity index (χ2n) is 7.81. The third kappa shape index (κ3) is 4.15. The van der Waals surface area contributed by atoms with Gasteiger partial charge >= 0.3 is 0 Å². The van der Waals surface area contributed by atoms with Crippen LogP contribution in [0.1, 0.15) is 43.9 Å². The molecule has 0 N–H and O–H groups in total. The minimum Gasteiger partial charge on any atom is -0.419 e. The molecule has 0 radical (unpaired) electrons. The van der Waals surface area contributed by atoms with Gasteiger partial charge in [0, 0.05) is 21.5 Å². The zero-order valence-electron chi connectivity index (χ0n) is 16.9. The van der Waals surface area contributed by atoms with E-state index in [1.165, 1.54) is 19.3 Å². The molecule has 2 aromatic heterocycles. The lowest BCUT2D eigenvalue weighted by Gasteiger charge is -2.17. The second kappa shape index (κ2) is 9.06. The van der Waals surface area contributed by atoms with E-state index in [-0.39, 0.29) is 11.8 Å². The summed E-state index contributed by atoms with van der Waals surface area (Å²) in [5, 5.41) is 15.3. The summed E-state index contributed by atoms with van der Waals surface area (Å²) < 4.78 is 7.71. The van der Waals surface area contributed by atoms with E-state index in [1.807, 2.05) is 12.1 Å². The lowest BCUT2D eigenvalue weighted by atomic mass is 9.89. The average molecular weight is 508 g/mol. The fourth-order valence-corrected chi connectivity index (χ4v) is 4.99. The molecule has 0 aliphatic heterocycles. The molecule has 0 amide bonds. The Hall–Kier alpha value is -2.05. The normalized spacial score (nSPS) is 14.8. The van der Waals surface area contributed by atoms with Crippen LogP contribution in [-0.2, 0) is 0 Å². The van der Waals surface area contributed by atoms with E-state index >= 15 is 0 Å². The van der Waals surface area contributed by atoms with Gasteiger partial charge in [-0.25, -0.2) is 4.68 Å². The van der Waals surface area contributed by atoms with Crippen LogP contribution in [0.3, 0.4) is 0 Å². The highest BCUT2D eigenvalue weighted by Crippen LogP contribution is 2.40. The van der Waals surface area contributed by atoms with Crippen molar-refractivity contribution in [3.05, 3.63) is 68.4 Å². The topological polar surface area (TPSA) is 56.7 Å². The van der Waals surface area contributed by atoms with Gasteiger partial charge in [-0.2, -0.15) is 5.10 Å². The Morgan fingerprint density at radius 2 is 1.56 bits per heavy atom. The lowest BCUT2D eigenvalue weighted by Crippen LogP contribution is -2.04. The van der Waals surface area contributed by atoms with Crippen LogP contribution in [0.2, 0.25) is 20.1 Å². The number of hydrogen-bond acceptors (Lipinski definition) is 4. The highest BCUT2D eigenvalue weighted by molar-refractivity contribution is 6.37. The Kier molecular flexibility index (Phi) is 6.17. The quantitative estimate of drug-likeness (QED) is 0.279. The van der Waals surface area contributed by atoms with E-state index in [9.17, 15) is 0 Å². The van der Waals surface area contributed by atoms with Crippen molar-refractivity contribution in [2.45, 2.75) is 38.0 Å². The molecule has 164 valence electrons. The van der Waals surface area contributed by atoms with Crippen LogP contribution in [0.5, 0.6) is 0 Å². The summed E-state index contributed by atoms with van der Waals surface area (Å²) in [6.45, 7) is 0. The fourth-order valence-electron chi connectivity index (χ4n) is 4.06. The molecule has 1 aliphatic carbocycles. The number of halogens is 4. The molecular weight excluding hydrogens is 490 g/mol. The van der Waals surface area contributed by atoms with Crippen molar-refractivity contribution in [2.75, 3.05) is 0 Å². The molecule has 5 rings (SSSR count). The molecule has 0 unspecified atom stereocenters. The SMILES string of the molecule is Clc1ccc(-c2c(Cl)c(-c3nnc(C4CCCCC4)o3)nn2-c2ccc(Cl)cc2Cl)cc1. The van der Waals surface area contributed by atoms with Gasteiger partial charge in [-0.1, -0.05) is 77.8 Å². The number of hydrogen-bond donors (Lipinski definition) is 0. The number of rotatable bonds is 4. The smallest absolute Gasteiger partial charge is 0.269 e. The van der Waals surface area contributed by atoms with E-state index in [0.717, 1.165) is 18.4 Å². The fraction of sp³-hybridized carbons (Fsp3) is 0.261. The summed E-state index contributed by atoms with van der Waals surface area (Å²) in [4.78, 5) is 0. The van der Waals surface area contributed by atoms with Crippen molar-refractivity contribution in [3.8, 4) is 28.5 Å². The van der Waals surface area contributed by atoms with Gasteiger partial charge in [-0.05, 0) is 43.2 Å². The minimum atomic E-state index is 0.285. The first kappa shape index (κ1) is 21.8. The molecule has 9 heteroatoms. The van der Waals surface area contributed by atoms with Crippen molar-refractivity contribution < 1.29 is 4.42 Å². The monoisotopic (exact) mass is 506 g/mol. The Labute approximate surface area is 205 Å². The number of nitrogens with zero attached hydrogens (tertiary/aromatic N) is 4. The van der Waals surface area contributed by atoms with Gasteiger partial charge < -0.3 is 4.42 Å². The molecule has 5 nitrogen and oxygen atoms in total. The van der Waals surface area contributed by atoms with E-state index in [2.05, 4.69) is 10.2 Å². The maximum Gasteiger partial charge on any atom is 0.269 e. The van der Waals surface area contributed by atoms with Gasteiger partial charge in [-0.15, -0.1) is 10.2 Å². The largest absolute Gasteiger partial charge is 0.419 e. The lowest BCUT2D eigenvalue weighted by molar-refractivity contribution is 0.367. The summed E-state index contributed by atoms with van der Waals surface area (Å²) in [6.07, 6.45) is 5.71. The van der Waals surface area contributed by atoms with Crippen molar-refractivity contribution in [1.82, 2.24) is 20.0 Å². The molecule has 0 atom stereocenters. The van der Waals surface area contributed by atoms with E-state index < -0.39 is 0 Å². The highest BCUT2D eigenvalue weighted by atomic mass is 35.5. The molecule has 0 bridgehead atoms. The van der Waals surface area contributed by atoms with Gasteiger partial charge in [0.15, 0.2) is 5.69 Å². The van der Waals surface area contributed by atoms with Crippen molar-refractivity contribution >= 4 is 46.4 Å². The number of benzene rings is 2. The molecule has 32 heavy (non-hydrogen) atoms. The van der Waals surface area contributed by atoms with E-state index in [0.29, 0.717) is 43.1 Å². The Morgan fingerprint density at radius 3 is 2.28 bits per heavy atom. The summed E-state index contributed by atoms with van der Waals surface area (Å²) in [7, 11) is 0. The van der Waals surface area contributed by atoms with Crippen LogP contribution >= 0.6 is 46.4 Å². The molecule has 1 aliphatic rings. The van der Waals surface area contributed by atoms with Crippen molar-refractivity contribution in [2.24, 2.45) is 0 Å². The van der Waals surface area contributed by atoms with Crippen LogP contribution in [0.15, 0.2) is 46.9 Å². The summed E-state index contributed by atoms with van der Waals surface area (Å²) in [6, 6.07) is 12.5. The summed E-state index contributed by atoms with van der Waals surface area (Å²) >= 11 is 25.5. The zero-order chi connectivity index (χ0) is 22.2. The van der Waals surface area contributed by atoms with Gasteiger partial charge in [0.25, 0.3) is 5.89 Å². The van der Waals surface area contributed by atoms with Gasteiger partial charge in [0.1, 0.15) is 5.02 Å². The van der Waals surface area contributed by atoms with Crippen LogP contribution in [0.4, 0.5) is 0 Å². The van der Waals surface area contributed by atoms with Crippen LogP contribution in [0.25, 0.3) is 28.5 Å². The number of aromatic nitrogens is 4. The molecular formula is C23H18Cl4N4O. The zero-order valence-corrected chi connectivity index (χ0v) is 19.9. The van der Waals surface area contributed by atoms with Crippen molar-refractivity contribution in [3.63, 3.8) is 0 Å². The molecule has 0 saturated heterocycles. The minimum absolute atomic E-state index is 0.285. The highest BCUT2D eigenvalue weighted by Gasteiger charge is 2.27. The maximum atomic E-state index is 6.85. The Balaban J connectivity index is 1.64. The first-order valence-electron chi connectivity index (χ1n) is 10.3. The molecule has 2 heterocycles. The Morgan fingerprint density at radius 1 is 0.844 bits per heavy atom. The molecule has 2 aromatic carbocycles. The molecule has 1 saturated carbocycles. The van der Waals surface area contributed by atoms with Crippen molar-refractivity contribution in [1.29, 1.82) is 0 Å². The van der Waals surface area contributed by atoms with E-state index in [4.69, 9.17) is 55.9 Å². The van der Waals surface area contributed by atoms with Gasteiger partial charge in [-0.3, -0.25) is 0 Å². The van der Waals surface area contributed by atoms with Crippen LogP contribution in [-0.4, -0.2) is 20.0 Å². The van der Waals surface area contributed by atoms with Gasteiger partial charge in [0.05, 0.1) is 16.4 Å². The Bertz CT molecular complexity index is 1260. The van der Waals surface area contributed by atoms with Crippen LogP contribution in [0, 0.1) is 0 Å². The summed E-state index contributed by atoms with van der Waals surface area (Å²) in [5.74, 6) is 1.21. The molecule has 1 fully saturated rings. The third-order valence-electron chi connectivity index (χ3n) is 5.68. The molecule has 4 aromatic rings. The predicted octanol–water partition coefficient (Wildman–Crippen LogP) is 8.25. The second-order valence-corrected chi connectivity index (χ2v) is 9.46.